The minimum Gasteiger partial charge on any atom is -0.475 e. The van der Waals surface area contributed by atoms with Crippen LogP contribution in [0.1, 0.15) is 20.8 Å². The third kappa shape index (κ3) is 9.00. The highest BCUT2D eigenvalue weighted by Gasteiger charge is 2.38. The first-order chi connectivity index (χ1) is 9.56. The number of methoxy groups -OCH3 is 1. The van der Waals surface area contributed by atoms with Crippen molar-refractivity contribution in [1.29, 1.82) is 0 Å². The number of carboxylic acids is 1. The molecule has 0 aliphatic heterocycles. The number of aliphatic carboxylic acids is 1. The van der Waals surface area contributed by atoms with Gasteiger partial charge in [-0.2, -0.15) is 13.2 Å². The van der Waals surface area contributed by atoms with Crippen molar-refractivity contribution in [3.8, 4) is 0 Å². The number of rotatable bonds is 4. The molecule has 1 atom stereocenters. The van der Waals surface area contributed by atoms with Gasteiger partial charge in [-0.05, 0) is 18.1 Å². The molecule has 0 fully saturated rings. The van der Waals surface area contributed by atoms with Gasteiger partial charge in [0.1, 0.15) is 6.04 Å². The molecule has 0 aliphatic rings. The molecular weight excluding hydrogens is 323 g/mol. The summed E-state index contributed by atoms with van der Waals surface area (Å²) in [6, 6.07) is -0.677. The van der Waals surface area contributed by atoms with Crippen LogP contribution in [0, 0.1) is 0 Å². The summed E-state index contributed by atoms with van der Waals surface area (Å²) in [6.07, 6.45) is -5.08. The number of ether oxygens (including phenoxy) is 1. The molecule has 0 unspecified atom stereocenters. The standard InChI is InChI=1S/C10H23NO3Si.C2HF3O2/c1-10(2,3)15(5,6)14-7-8(11)9(12)13-4;3-2(4,5)1(6)7/h8H,7,11H2,1-6H3;(H,6,7)/t8-;/m0./s1. The van der Waals surface area contributed by atoms with E-state index in [4.69, 9.17) is 20.1 Å². The number of esters is 1. The smallest absolute Gasteiger partial charge is 0.475 e. The largest absolute Gasteiger partial charge is 0.490 e. The number of carboxylic acid groups (broad SMARTS) is 1. The molecule has 22 heavy (non-hydrogen) atoms. The van der Waals surface area contributed by atoms with Crippen LogP contribution >= 0.6 is 0 Å². The van der Waals surface area contributed by atoms with E-state index in [1.165, 1.54) is 7.11 Å². The highest BCUT2D eigenvalue weighted by atomic mass is 28.4. The molecular formula is C12H24F3NO5Si. The van der Waals surface area contributed by atoms with Crippen molar-refractivity contribution in [3.05, 3.63) is 0 Å². The van der Waals surface area contributed by atoms with E-state index >= 15 is 0 Å². The maximum Gasteiger partial charge on any atom is 0.490 e. The first-order valence-corrected chi connectivity index (χ1v) is 9.24. The van der Waals surface area contributed by atoms with Crippen LogP contribution in [0.2, 0.25) is 18.1 Å². The number of carbonyl (C=O) groups excluding carboxylic acids is 1. The van der Waals surface area contributed by atoms with E-state index in [1.54, 1.807) is 0 Å². The Labute approximate surface area is 128 Å². The van der Waals surface area contributed by atoms with Crippen LogP contribution in [0.3, 0.4) is 0 Å². The molecule has 0 amide bonds. The zero-order valence-electron chi connectivity index (χ0n) is 13.6. The van der Waals surface area contributed by atoms with Gasteiger partial charge in [0.15, 0.2) is 8.32 Å². The Balaban J connectivity index is 0. The molecule has 0 rings (SSSR count). The first kappa shape index (κ1) is 23.1. The Kier molecular flexibility index (Phi) is 8.93. The van der Waals surface area contributed by atoms with E-state index in [1.807, 2.05) is 0 Å². The average Bonchev–Trinajstić information content (AvgIpc) is 2.33. The molecule has 0 bridgehead atoms. The van der Waals surface area contributed by atoms with Gasteiger partial charge in [0.2, 0.25) is 0 Å². The lowest BCUT2D eigenvalue weighted by Gasteiger charge is -2.36. The average molecular weight is 347 g/mol. The molecule has 0 radical (unpaired) electrons. The lowest BCUT2D eigenvalue weighted by Crippen LogP contribution is -2.46. The lowest BCUT2D eigenvalue weighted by atomic mass is 10.2. The zero-order valence-corrected chi connectivity index (χ0v) is 14.6. The van der Waals surface area contributed by atoms with Crippen molar-refractivity contribution in [2.24, 2.45) is 5.73 Å². The molecule has 0 heterocycles. The van der Waals surface area contributed by atoms with Crippen molar-refractivity contribution >= 4 is 20.3 Å². The number of carbonyl (C=O) groups is 2. The zero-order chi connectivity index (χ0) is 18.4. The van der Waals surface area contributed by atoms with E-state index in [0.29, 0.717) is 0 Å². The second-order valence-corrected chi connectivity index (χ2v) is 10.8. The molecule has 10 heteroatoms. The summed E-state index contributed by atoms with van der Waals surface area (Å²) in [5.74, 6) is -3.18. The minimum absolute atomic E-state index is 0.128. The highest BCUT2D eigenvalue weighted by molar-refractivity contribution is 6.74. The van der Waals surface area contributed by atoms with Gasteiger partial charge in [-0.1, -0.05) is 20.8 Å². The molecule has 0 saturated carbocycles. The predicted octanol–water partition coefficient (Wildman–Crippen LogP) is 2.14. The molecule has 0 aromatic heterocycles. The van der Waals surface area contributed by atoms with Gasteiger partial charge in [0, 0.05) is 0 Å². The third-order valence-electron chi connectivity index (χ3n) is 3.18. The summed E-state index contributed by atoms with van der Waals surface area (Å²) in [5, 5.41) is 7.25. The first-order valence-electron chi connectivity index (χ1n) is 6.33. The quantitative estimate of drug-likeness (QED) is 0.597. The van der Waals surface area contributed by atoms with Crippen LogP contribution in [-0.4, -0.2) is 51.3 Å². The van der Waals surface area contributed by atoms with E-state index in [2.05, 4.69) is 38.6 Å². The fourth-order valence-corrected chi connectivity index (χ4v) is 1.76. The van der Waals surface area contributed by atoms with Crippen LogP contribution < -0.4 is 5.73 Å². The second-order valence-electron chi connectivity index (χ2n) is 6.00. The summed E-state index contributed by atoms with van der Waals surface area (Å²) in [5.41, 5.74) is 5.60. The fraction of sp³-hybridized carbons (Fsp3) is 0.833. The van der Waals surface area contributed by atoms with Crippen molar-refractivity contribution in [1.82, 2.24) is 0 Å². The molecule has 3 N–H and O–H groups in total. The Bertz CT molecular complexity index is 380. The predicted molar refractivity (Wildman–Crippen MR) is 76.8 cm³/mol. The number of nitrogens with two attached hydrogens (primary N) is 1. The molecule has 0 aromatic rings. The van der Waals surface area contributed by atoms with E-state index in [9.17, 15) is 18.0 Å². The van der Waals surface area contributed by atoms with Crippen LogP contribution in [0.5, 0.6) is 0 Å². The number of hydrogen-bond donors (Lipinski definition) is 2. The normalized spacial score (nSPS) is 13.7. The van der Waals surface area contributed by atoms with Gasteiger partial charge < -0.3 is 20.0 Å². The molecule has 0 saturated heterocycles. The summed E-state index contributed by atoms with van der Waals surface area (Å²) < 4.78 is 42.1. The van der Waals surface area contributed by atoms with Gasteiger partial charge in [0.25, 0.3) is 0 Å². The fourth-order valence-electron chi connectivity index (χ4n) is 0.734. The monoisotopic (exact) mass is 347 g/mol. The van der Waals surface area contributed by atoms with E-state index < -0.39 is 32.5 Å². The van der Waals surface area contributed by atoms with Crippen molar-refractivity contribution < 1.29 is 37.0 Å². The number of alkyl halides is 3. The van der Waals surface area contributed by atoms with Crippen molar-refractivity contribution in [2.75, 3.05) is 13.7 Å². The van der Waals surface area contributed by atoms with Crippen LogP contribution in [0.4, 0.5) is 13.2 Å². The van der Waals surface area contributed by atoms with Crippen molar-refractivity contribution in [2.45, 2.75) is 51.1 Å². The lowest BCUT2D eigenvalue weighted by molar-refractivity contribution is -0.192. The molecule has 6 nitrogen and oxygen atoms in total. The maximum absolute atomic E-state index is 11.1. The van der Waals surface area contributed by atoms with Gasteiger partial charge in [-0.3, -0.25) is 4.79 Å². The van der Waals surface area contributed by atoms with Gasteiger partial charge in [0.05, 0.1) is 13.7 Å². The van der Waals surface area contributed by atoms with Gasteiger partial charge >= 0.3 is 18.1 Å². The third-order valence-corrected chi connectivity index (χ3v) is 7.68. The van der Waals surface area contributed by atoms with Gasteiger partial charge in [-0.15, -0.1) is 0 Å². The minimum atomic E-state index is -5.08. The van der Waals surface area contributed by atoms with Crippen LogP contribution in [0.25, 0.3) is 0 Å². The topological polar surface area (TPSA) is 98.9 Å². The Morgan fingerprint density at radius 2 is 1.59 bits per heavy atom. The Morgan fingerprint density at radius 3 is 1.82 bits per heavy atom. The number of halogens is 3. The molecule has 0 spiro atoms. The Hall–Kier alpha value is -1.13. The van der Waals surface area contributed by atoms with Crippen LogP contribution in [0.15, 0.2) is 0 Å². The maximum atomic E-state index is 11.1. The highest BCUT2D eigenvalue weighted by Crippen LogP contribution is 2.36. The Morgan fingerprint density at radius 1 is 1.23 bits per heavy atom. The number of hydrogen-bond acceptors (Lipinski definition) is 5. The molecule has 0 aliphatic carbocycles. The van der Waals surface area contributed by atoms with Gasteiger partial charge in [-0.25, -0.2) is 4.79 Å². The second kappa shape index (κ2) is 8.49. The van der Waals surface area contributed by atoms with E-state index in [-0.39, 0.29) is 11.6 Å². The summed E-state index contributed by atoms with van der Waals surface area (Å²) in [6.45, 7) is 10.9. The molecule has 0 aromatic carbocycles. The summed E-state index contributed by atoms with van der Waals surface area (Å²) in [4.78, 5) is 20.0. The molecule has 132 valence electrons. The van der Waals surface area contributed by atoms with E-state index in [0.717, 1.165) is 0 Å². The summed E-state index contributed by atoms with van der Waals surface area (Å²) in [7, 11) is -0.486. The van der Waals surface area contributed by atoms with Crippen LogP contribution in [-0.2, 0) is 18.8 Å². The SMILES string of the molecule is COC(=O)[C@@H](N)CO[Si](C)(C)C(C)(C)C.O=C(O)C(F)(F)F. The van der Waals surface area contributed by atoms with Crippen molar-refractivity contribution in [3.63, 3.8) is 0 Å². The summed E-state index contributed by atoms with van der Waals surface area (Å²) >= 11 is 0.